The highest BCUT2D eigenvalue weighted by Crippen LogP contribution is 2.23. The molecule has 1 aromatic heterocycles. The molecule has 0 aliphatic carbocycles. The summed E-state index contributed by atoms with van der Waals surface area (Å²) >= 11 is 0. The average molecular weight is 363 g/mol. The number of piperidine rings is 1. The van der Waals surface area contributed by atoms with Crippen LogP contribution in [0.4, 0.5) is 10.5 Å². The van der Waals surface area contributed by atoms with E-state index in [1.165, 1.54) is 12.5 Å². The highest BCUT2D eigenvalue weighted by molar-refractivity contribution is 6.01. The molecule has 2 N–H and O–H groups in total. The summed E-state index contributed by atoms with van der Waals surface area (Å²) in [5, 5.41) is 8.06. The molecule has 27 heavy (non-hydrogen) atoms. The molecule has 4 rings (SSSR count). The molecule has 6 heteroatoms. The van der Waals surface area contributed by atoms with Crippen LogP contribution in [0.5, 0.6) is 0 Å². The number of nitrogens with zero attached hydrogens (tertiary/aromatic N) is 1. The molecule has 3 amide bonds. The van der Waals surface area contributed by atoms with Crippen LogP contribution < -0.4 is 10.6 Å². The smallest absolute Gasteiger partial charge is 0.319 e. The predicted molar refractivity (Wildman–Crippen MR) is 104 cm³/mol. The van der Waals surface area contributed by atoms with Crippen molar-refractivity contribution in [3.05, 3.63) is 66.6 Å². The molecule has 2 heterocycles. The Bertz CT molecular complexity index is 939. The predicted octanol–water partition coefficient (Wildman–Crippen LogP) is 3.86. The van der Waals surface area contributed by atoms with Gasteiger partial charge in [0.05, 0.1) is 17.5 Å². The number of carbonyl (C=O) groups excluding carboxylic acids is 2. The van der Waals surface area contributed by atoms with Gasteiger partial charge in [-0.2, -0.15) is 0 Å². The van der Waals surface area contributed by atoms with Crippen LogP contribution in [0.3, 0.4) is 0 Å². The van der Waals surface area contributed by atoms with E-state index in [0.29, 0.717) is 18.7 Å². The number of likely N-dealkylation sites (tertiary alicyclic amines) is 1. The minimum Gasteiger partial charge on any atom is -0.472 e. The maximum absolute atomic E-state index is 12.4. The summed E-state index contributed by atoms with van der Waals surface area (Å²) in [5.41, 5.74) is 1.35. The first-order chi connectivity index (χ1) is 13.2. The lowest BCUT2D eigenvalue weighted by molar-refractivity contribution is 0.0708. The van der Waals surface area contributed by atoms with E-state index in [0.717, 1.165) is 29.3 Å². The van der Waals surface area contributed by atoms with E-state index < -0.39 is 0 Å². The third-order valence-corrected chi connectivity index (χ3v) is 4.92. The molecule has 0 bridgehead atoms. The fourth-order valence-electron chi connectivity index (χ4n) is 3.47. The SMILES string of the molecule is O=C(Nc1cccc2ccccc12)NC1CCN(C(=O)c2ccoc2)CC1. The molecule has 0 unspecified atom stereocenters. The highest BCUT2D eigenvalue weighted by atomic mass is 16.3. The van der Waals surface area contributed by atoms with Crippen LogP contribution in [0.2, 0.25) is 0 Å². The summed E-state index contributed by atoms with van der Waals surface area (Å²) in [5.74, 6) is -0.0255. The Morgan fingerprint density at radius 3 is 2.56 bits per heavy atom. The van der Waals surface area contributed by atoms with Crippen molar-refractivity contribution in [3.8, 4) is 0 Å². The third kappa shape index (κ3) is 3.79. The number of rotatable bonds is 3. The first kappa shape index (κ1) is 17.1. The van der Waals surface area contributed by atoms with Crippen molar-refractivity contribution < 1.29 is 14.0 Å². The quantitative estimate of drug-likeness (QED) is 0.742. The van der Waals surface area contributed by atoms with Gasteiger partial charge >= 0.3 is 6.03 Å². The van der Waals surface area contributed by atoms with E-state index in [1.54, 1.807) is 11.0 Å². The molecule has 138 valence electrons. The van der Waals surface area contributed by atoms with Crippen molar-refractivity contribution in [3.63, 3.8) is 0 Å². The molecular weight excluding hydrogens is 342 g/mol. The molecule has 1 saturated heterocycles. The Balaban J connectivity index is 1.32. The van der Waals surface area contributed by atoms with Crippen LogP contribution in [0.1, 0.15) is 23.2 Å². The van der Waals surface area contributed by atoms with E-state index in [2.05, 4.69) is 10.6 Å². The molecule has 0 spiro atoms. The number of hydrogen-bond acceptors (Lipinski definition) is 3. The second-order valence-electron chi connectivity index (χ2n) is 6.70. The van der Waals surface area contributed by atoms with Gasteiger partial charge in [-0.15, -0.1) is 0 Å². The molecule has 3 aromatic rings. The van der Waals surface area contributed by atoms with Crippen LogP contribution in [0.25, 0.3) is 10.8 Å². The van der Waals surface area contributed by atoms with Crippen LogP contribution >= 0.6 is 0 Å². The summed E-state index contributed by atoms with van der Waals surface area (Å²) in [6, 6.07) is 15.3. The summed E-state index contributed by atoms with van der Waals surface area (Å²) in [6.07, 6.45) is 4.42. The summed E-state index contributed by atoms with van der Waals surface area (Å²) in [4.78, 5) is 26.5. The van der Waals surface area contributed by atoms with Gasteiger partial charge in [0.2, 0.25) is 0 Å². The van der Waals surface area contributed by atoms with Crippen molar-refractivity contribution >= 4 is 28.4 Å². The Labute approximate surface area is 157 Å². The van der Waals surface area contributed by atoms with Crippen LogP contribution in [0, 0.1) is 0 Å². The Morgan fingerprint density at radius 1 is 1.00 bits per heavy atom. The standard InChI is InChI=1S/C21H21N3O3/c25-20(16-10-13-27-14-16)24-11-8-17(9-12-24)22-21(26)23-19-7-3-5-15-4-1-2-6-18(15)19/h1-7,10,13-14,17H,8-9,11-12H2,(H2,22,23,26). The fraction of sp³-hybridized carbons (Fsp3) is 0.238. The van der Waals surface area contributed by atoms with E-state index in [4.69, 9.17) is 4.42 Å². The first-order valence-corrected chi connectivity index (χ1v) is 9.07. The van der Waals surface area contributed by atoms with Gasteiger partial charge in [-0.05, 0) is 30.4 Å². The van der Waals surface area contributed by atoms with Gasteiger partial charge in [0.15, 0.2) is 0 Å². The molecule has 2 aromatic carbocycles. The Hall–Kier alpha value is -3.28. The molecule has 1 aliphatic heterocycles. The largest absolute Gasteiger partial charge is 0.472 e. The molecule has 1 fully saturated rings. The lowest BCUT2D eigenvalue weighted by Gasteiger charge is -2.32. The zero-order valence-corrected chi connectivity index (χ0v) is 14.9. The number of amides is 3. The molecule has 6 nitrogen and oxygen atoms in total. The maximum Gasteiger partial charge on any atom is 0.319 e. The summed E-state index contributed by atoms with van der Waals surface area (Å²) < 4.78 is 4.97. The number of anilines is 1. The van der Waals surface area contributed by atoms with Crippen molar-refractivity contribution in [2.24, 2.45) is 0 Å². The molecule has 0 radical (unpaired) electrons. The Kier molecular flexibility index (Phi) is 4.78. The zero-order valence-electron chi connectivity index (χ0n) is 14.9. The lowest BCUT2D eigenvalue weighted by atomic mass is 10.0. The van der Waals surface area contributed by atoms with Crippen molar-refractivity contribution in [2.75, 3.05) is 18.4 Å². The summed E-state index contributed by atoms with van der Waals surface area (Å²) in [6.45, 7) is 1.23. The fourth-order valence-corrected chi connectivity index (χ4v) is 3.47. The molecule has 1 aliphatic rings. The number of urea groups is 1. The van der Waals surface area contributed by atoms with Crippen LogP contribution in [-0.4, -0.2) is 36.0 Å². The van der Waals surface area contributed by atoms with Crippen LogP contribution in [-0.2, 0) is 0 Å². The van der Waals surface area contributed by atoms with Gasteiger partial charge in [-0.25, -0.2) is 4.79 Å². The Morgan fingerprint density at radius 2 is 1.78 bits per heavy atom. The van der Waals surface area contributed by atoms with Gasteiger partial charge < -0.3 is 20.0 Å². The van der Waals surface area contributed by atoms with Gasteiger partial charge in [0, 0.05) is 24.5 Å². The zero-order chi connectivity index (χ0) is 18.6. The minimum absolute atomic E-state index is 0.0255. The molecule has 0 saturated carbocycles. The van der Waals surface area contributed by atoms with Crippen molar-refractivity contribution in [1.29, 1.82) is 0 Å². The number of carbonyl (C=O) groups is 2. The lowest BCUT2D eigenvalue weighted by Crippen LogP contribution is -2.47. The maximum atomic E-state index is 12.4. The molecule has 0 atom stereocenters. The van der Waals surface area contributed by atoms with E-state index in [9.17, 15) is 9.59 Å². The topological polar surface area (TPSA) is 74.6 Å². The van der Waals surface area contributed by atoms with Crippen molar-refractivity contribution in [1.82, 2.24) is 10.2 Å². The van der Waals surface area contributed by atoms with Gasteiger partial charge in [-0.3, -0.25) is 4.79 Å². The first-order valence-electron chi connectivity index (χ1n) is 9.07. The third-order valence-electron chi connectivity index (χ3n) is 4.92. The van der Waals surface area contributed by atoms with E-state index >= 15 is 0 Å². The van der Waals surface area contributed by atoms with E-state index in [1.807, 2.05) is 42.5 Å². The number of fused-ring (bicyclic) bond motifs is 1. The second-order valence-corrected chi connectivity index (χ2v) is 6.70. The van der Waals surface area contributed by atoms with Gasteiger partial charge in [0.1, 0.15) is 6.26 Å². The van der Waals surface area contributed by atoms with E-state index in [-0.39, 0.29) is 18.0 Å². The average Bonchev–Trinajstić information content (AvgIpc) is 3.23. The number of nitrogens with one attached hydrogen (secondary N) is 2. The number of benzene rings is 2. The van der Waals surface area contributed by atoms with Gasteiger partial charge in [0.25, 0.3) is 5.91 Å². The number of furan rings is 1. The highest BCUT2D eigenvalue weighted by Gasteiger charge is 2.25. The second kappa shape index (κ2) is 7.53. The van der Waals surface area contributed by atoms with Crippen LogP contribution in [0.15, 0.2) is 65.5 Å². The summed E-state index contributed by atoms with van der Waals surface area (Å²) in [7, 11) is 0. The monoisotopic (exact) mass is 363 g/mol. The van der Waals surface area contributed by atoms with Crippen molar-refractivity contribution in [2.45, 2.75) is 18.9 Å². The molecular formula is C21H21N3O3. The number of hydrogen-bond donors (Lipinski definition) is 2. The normalized spacial score (nSPS) is 14.9. The minimum atomic E-state index is -0.217. The van der Waals surface area contributed by atoms with Gasteiger partial charge in [-0.1, -0.05) is 36.4 Å².